The van der Waals surface area contributed by atoms with Gasteiger partial charge in [-0.2, -0.15) is 4.98 Å². The maximum absolute atomic E-state index is 12.3. The molecule has 0 unspecified atom stereocenters. The summed E-state index contributed by atoms with van der Waals surface area (Å²) in [6.07, 6.45) is 0.619. The third kappa shape index (κ3) is 4.97. The van der Waals surface area contributed by atoms with E-state index in [-0.39, 0.29) is 12.3 Å². The SMILES string of the molecule is CCOc1ccccc1NC(=O)CCc1nc(-c2ccc(C(C)C)cc2)no1. The smallest absolute Gasteiger partial charge is 0.227 e. The summed E-state index contributed by atoms with van der Waals surface area (Å²) < 4.78 is 10.8. The van der Waals surface area contributed by atoms with Crippen molar-refractivity contribution < 1.29 is 14.1 Å². The van der Waals surface area contributed by atoms with E-state index in [1.54, 1.807) is 0 Å². The fourth-order valence-corrected chi connectivity index (χ4v) is 2.78. The highest BCUT2D eigenvalue weighted by Crippen LogP contribution is 2.24. The van der Waals surface area contributed by atoms with E-state index in [0.717, 1.165) is 5.56 Å². The molecule has 3 aromatic rings. The summed E-state index contributed by atoms with van der Waals surface area (Å²) >= 11 is 0. The highest BCUT2D eigenvalue weighted by atomic mass is 16.5. The Morgan fingerprint density at radius 3 is 2.61 bits per heavy atom. The number of nitrogens with one attached hydrogen (secondary N) is 1. The van der Waals surface area contributed by atoms with Gasteiger partial charge in [-0.25, -0.2) is 0 Å². The van der Waals surface area contributed by atoms with Crippen molar-refractivity contribution in [3.63, 3.8) is 0 Å². The van der Waals surface area contributed by atoms with Crippen LogP contribution in [0.15, 0.2) is 53.1 Å². The van der Waals surface area contributed by atoms with Gasteiger partial charge in [0, 0.05) is 18.4 Å². The third-order valence-corrected chi connectivity index (χ3v) is 4.33. The first kappa shape index (κ1) is 19.6. The molecule has 0 spiro atoms. The highest BCUT2D eigenvalue weighted by molar-refractivity contribution is 5.92. The number of aryl methyl sites for hydroxylation is 1. The van der Waals surface area contributed by atoms with Crippen LogP contribution >= 0.6 is 0 Å². The number of hydrogen-bond donors (Lipinski definition) is 1. The second-order valence-electron chi connectivity index (χ2n) is 6.77. The number of amides is 1. The molecule has 0 aliphatic carbocycles. The normalized spacial score (nSPS) is 10.9. The van der Waals surface area contributed by atoms with E-state index in [0.29, 0.717) is 42.1 Å². The van der Waals surface area contributed by atoms with Crippen LogP contribution in [0.5, 0.6) is 5.75 Å². The lowest BCUT2D eigenvalue weighted by Gasteiger charge is -2.10. The largest absolute Gasteiger partial charge is 0.492 e. The van der Waals surface area contributed by atoms with Gasteiger partial charge in [-0.05, 0) is 30.5 Å². The summed E-state index contributed by atoms with van der Waals surface area (Å²) in [5.41, 5.74) is 2.82. The van der Waals surface area contributed by atoms with Gasteiger partial charge in [-0.15, -0.1) is 0 Å². The molecule has 0 saturated carbocycles. The monoisotopic (exact) mass is 379 g/mol. The standard InChI is InChI=1S/C22H25N3O3/c1-4-27-19-8-6-5-7-18(19)23-20(26)13-14-21-24-22(25-28-21)17-11-9-16(10-12-17)15(2)3/h5-12,15H,4,13-14H2,1-3H3,(H,23,26). The molecule has 0 bridgehead atoms. The predicted molar refractivity (Wildman–Crippen MR) is 108 cm³/mol. The van der Waals surface area contributed by atoms with Crippen LogP contribution in [0.3, 0.4) is 0 Å². The number of carbonyl (C=O) groups is 1. The number of rotatable bonds is 8. The van der Waals surface area contributed by atoms with E-state index >= 15 is 0 Å². The molecule has 2 aromatic carbocycles. The summed E-state index contributed by atoms with van der Waals surface area (Å²) in [5, 5.41) is 6.89. The summed E-state index contributed by atoms with van der Waals surface area (Å²) in [5.74, 6) is 1.97. The molecule has 6 heteroatoms. The molecule has 0 atom stereocenters. The average Bonchev–Trinajstić information content (AvgIpc) is 3.17. The molecule has 1 amide bonds. The lowest BCUT2D eigenvalue weighted by atomic mass is 10.0. The van der Waals surface area contributed by atoms with E-state index in [9.17, 15) is 4.79 Å². The van der Waals surface area contributed by atoms with E-state index in [1.165, 1.54) is 5.56 Å². The Morgan fingerprint density at radius 1 is 1.14 bits per heavy atom. The molecule has 0 fully saturated rings. The van der Waals surface area contributed by atoms with E-state index < -0.39 is 0 Å². The van der Waals surface area contributed by atoms with E-state index in [2.05, 4.69) is 41.4 Å². The van der Waals surface area contributed by atoms with Crippen molar-refractivity contribution in [3.8, 4) is 17.1 Å². The molecule has 3 rings (SSSR count). The van der Waals surface area contributed by atoms with Crippen molar-refractivity contribution in [1.82, 2.24) is 10.1 Å². The van der Waals surface area contributed by atoms with Crippen molar-refractivity contribution in [1.29, 1.82) is 0 Å². The van der Waals surface area contributed by atoms with Gasteiger partial charge >= 0.3 is 0 Å². The molecule has 1 heterocycles. The van der Waals surface area contributed by atoms with Crippen molar-refractivity contribution >= 4 is 11.6 Å². The molecular weight excluding hydrogens is 354 g/mol. The van der Waals surface area contributed by atoms with Gasteiger partial charge in [0.2, 0.25) is 17.6 Å². The molecule has 0 aliphatic rings. The van der Waals surface area contributed by atoms with Crippen LogP contribution in [0.4, 0.5) is 5.69 Å². The number of nitrogens with zero attached hydrogens (tertiary/aromatic N) is 2. The van der Waals surface area contributed by atoms with Gasteiger partial charge < -0.3 is 14.6 Å². The molecule has 1 N–H and O–H groups in total. The molecule has 0 saturated heterocycles. The van der Waals surface area contributed by atoms with Gasteiger partial charge in [0.15, 0.2) is 0 Å². The Balaban J connectivity index is 1.58. The predicted octanol–water partition coefficient (Wildman–Crippen LogP) is 4.83. The number of para-hydroxylation sites is 2. The van der Waals surface area contributed by atoms with Crippen molar-refractivity contribution in [2.45, 2.75) is 39.5 Å². The maximum atomic E-state index is 12.3. The van der Waals surface area contributed by atoms with Crippen molar-refractivity contribution in [2.24, 2.45) is 0 Å². The van der Waals surface area contributed by atoms with Crippen LogP contribution in [0.25, 0.3) is 11.4 Å². The van der Waals surface area contributed by atoms with Crippen LogP contribution in [-0.2, 0) is 11.2 Å². The van der Waals surface area contributed by atoms with E-state index in [4.69, 9.17) is 9.26 Å². The van der Waals surface area contributed by atoms with E-state index in [1.807, 2.05) is 43.3 Å². The molecule has 6 nitrogen and oxygen atoms in total. The average molecular weight is 379 g/mol. The minimum atomic E-state index is -0.131. The molecular formula is C22H25N3O3. The number of anilines is 1. The molecule has 0 aliphatic heterocycles. The van der Waals surface area contributed by atoms with Crippen LogP contribution in [0.1, 0.15) is 44.6 Å². The molecule has 146 valence electrons. The first-order valence-corrected chi connectivity index (χ1v) is 9.51. The number of carbonyl (C=O) groups excluding carboxylic acids is 1. The molecule has 28 heavy (non-hydrogen) atoms. The number of benzene rings is 2. The second kappa shape index (κ2) is 9.17. The third-order valence-electron chi connectivity index (χ3n) is 4.33. The summed E-state index contributed by atoms with van der Waals surface area (Å²) in [4.78, 5) is 16.7. The lowest BCUT2D eigenvalue weighted by Crippen LogP contribution is -2.13. The Kier molecular flexibility index (Phi) is 6.42. The maximum Gasteiger partial charge on any atom is 0.227 e. The summed E-state index contributed by atoms with van der Waals surface area (Å²) in [7, 11) is 0. The minimum Gasteiger partial charge on any atom is -0.492 e. The fraction of sp³-hybridized carbons (Fsp3) is 0.318. The van der Waals surface area contributed by atoms with Gasteiger partial charge in [0.05, 0.1) is 12.3 Å². The highest BCUT2D eigenvalue weighted by Gasteiger charge is 2.12. The van der Waals surface area contributed by atoms with Gasteiger partial charge in [0.1, 0.15) is 5.75 Å². The number of aromatic nitrogens is 2. The zero-order valence-corrected chi connectivity index (χ0v) is 16.4. The Hall–Kier alpha value is -3.15. The summed E-state index contributed by atoms with van der Waals surface area (Å²) in [6.45, 7) is 6.75. The lowest BCUT2D eigenvalue weighted by molar-refractivity contribution is -0.116. The Morgan fingerprint density at radius 2 is 1.89 bits per heavy atom. The first-order chi connectivity index (χ1) is 13.6. The van der Waals surface area contributed by atoms with Crippen molar-refractivity contribution in [2.75, 3.05) is 11.9 Å². The van der Waals surface area contributed by atoms with Gasteiger partial charge in [-0.1, -0.05) is 55.4 Å². The quantitative estimate of drug-likeness (QED) is 0.606. The van der Waals surface area contributed by atoms with Crippen LogP contribution in [-0.4, -0.2) is 22.7 Å². The fourth-order valence-electron chi connectivity index (χ4n) is 2.78. The Bertz CT molecular complexity index is 917. The second-order valence-corrected chi connectivity index (χ2v) is 6.77. The zero-order valence-electron chi connectivity index (χ0n) is 16.4. The van der Waals surface area contributed by atoms with Crippen LogP contribution in [0, 0.1) is 0 Å². The van der Waals surface area contributed by atoms with Crippen molar-refractivity contribution in [3.05, 3.63) is 60.0 Å². The molecule has 1 aromatic heterocycles. The van der Waals surface area contributed by atoms with Crippen LogP contribution in [0.2, 0.25) is 0 Å². The summed E-state index contributed by atoms with van der Waals surface area (Å²) in [6, 6.07) is 15.5. The van der Waals surface area contributed by atoms with Gasteiger partial charge in [-0.3, -0.25) is 4.79 Å². The van der Waals surface area contributed by atoms with Gasteiger partial charge in [0.25, 0.3) is 0 Å². The zero-order chi connectivity index (χ0) is 19.9. The number of ether oxygens (including phenoxy) is 1. The topological polar surface area (TPSA) is 77.2 Å². The minimum absolute atomic E-state index is 0.131. The molecule has 0 radical (unpaired) electrons. The van der Waals surface area contributed by atoms with Crippen LogP contribution < -0.4 is 10.1 Å². The Labute approximate surface area is 164 Å². The first-order valence-electron chi connectivity index (χ1n) is 9.51. The number of hydrogen-bond acceptors (Lipinski definition) is 5.